The van der Waals surface area contributed by atoms with E-state index in [1.807, 2.05) is 11.9 Å². The molecule has 13 heteroatoms. The molecule has 2 N–H and O–H groups in total. The smallest absolute Gasteiger partial charge is 0.414 e. The molecule has 3 fully saturated rings. The fourth-order valence-electron chi connectivity index (χ4n) is 5.20. The number of esters is 1. The number of rotatable bonds is 9. The molecule has 222 valence electrons. The summed E-state index contributed by atoms with van der Waals surface area (Å²) in [7, 11) is 3.23. The molecule has 39 heavy (non-hydrogen) atoms. The zero-order valence-electron chi connectivity index (χ0n) is 24.2. The van der Waals surface area contributed by atoms with Gasteiger partial charge in [-0.1, -0.05) is 0 Å². The average molecular weight is 554 g/mol. The lowest BCUT2D eigenvalue weighted by Crippen LogP contribution is -2.54. The van der Waals surface area contributed by atoms with Crippen LogP contribution in [0, 0.1) is 5.41 Å². The number of methoxy groups -OCH3 is 1. The third-order valence-electron chi connectivity index (χ3n) is 7.49. The van der Waals surface area contributed by atoms with Gasteiger partial charge in [-0.15, -0.1) is 0 Å². The highest BCUT2D eigenvalue weighted by Crippen LogP contribution is 2.26. The van der Waals surface area contributed by atoms with Gasteiger partial charge in [-0.05, 0) is 46.6 Å². The van der Waals surface area contributed by atoms with E-state index in [1.54, 1.807) is 25.7 Å². The van der Waals surface area contributed by atoms with Crippen molar-refractivity contribution in [3.8, 4) is 0 Å². The van der Waals surface area contributed by atoms with Crippen LogP contribution in [0.3, 0.4) is 0 Å². The number of nitrogens with zero attached hydrogens (tertiary/aromatic N) is 5. The quantitative estimate of drug-likeness (QED) is 0.141. The van der Waals surface area contributed by atoms with Crippen LogP contribution in [0.5, 0.6) is 0 Å². The van der Waals surface area contributed by atoms with Gasteiger partial charge in [0.25, 0.3) is 0 Å². The Morgan fingerprint density at radius 2 is 1.62 bits per heavy atom. The van der Waals surface area contributed by atoms with Gasteiger partial charge in [0.15, 0.2) is 6.23 Å². The minimum atomic E-state index is -0.604. The summed E-state index contributed by atoms with van der Waals surface area (Å²) in [5, 5.41) is 10.7. The number of likely N-dealkylation sites (N-methyl/N-ethyl adjacent to an activating group) is 1. The van der Waals surface area contributed by atoms with E-state index in [-0.39, 0.29) is 30.3 Å². The van der Waals surface area contributed by atoms with Crippen LogP contribution in [-0.4, -0.2) is 146 Å². The molecule has 0 aromatic carbocycles. The lowest BCUT2D eigenvalue weighted by atomic mass is 10.1. The number of alkyl carbamates (subject to hydrolysis) is 1. The first-order valence-corrected chi connectivity index (χ1v) is 14.0. The Kier molecular flexibility index (Phi) is 11.2. The molecule has 3 rings (SSSR count). The lowest BCUT2D eigenvalue weighted by molar-refractivity contribution is -0.141. The van der Waals surface area contributed by atoms with Crippen LogP contribution >= 0.6 is 0 Å². The Hall–Kier alpha value is -2.64. The Morgan fingerprint density at radius 1 is 1.00 bits per heavy atom. The van der Waals surface area contributed by atoms with Crippen LogP contribution in [0.1, 0.15) is 46.5 Å². The fourth-order valence-corrected chi connectivity index (χ4v) is 5.20. The summed E-state index contributed by atoms with van der Waals surface area (Å²) < 4.78 is 15.7. The summed E-state index contributed by atoms with van der Waals surface area (Å²) in [6.45, 7) is 13.3. The number of carbonyl (C=O) groups excluding carboxylic acids is 3. The summed E-state index contributed by atoms with van der Waals surface area (Å²) in [6, 6.07) is 0.0235. The standard InChI is InChI=1S/C26H47N7O6/c1-26(2,3)39-24(35)28-23(27)33-18-14-30(15-19-33)10-7-6-8-20-22(38-25(36)29(20)4)32-16-12-31(13-17-32)11-9-21(34)37-5/h20,22H,6-19H2,1-5H3,(H2,27,28,35). The highest BCUT2D eigenvalue weighted by molar-refractivity contribution is 5.92. The Labute approximate surface area is 232 Å². The fraction of sp³-hybridized carbons (Fsp3) is 0.846. The number of hydrogen-bond donors (Lipinski definition) is 2. The maximum absolute atomic E-state index is 12.4. The highest BCUT2D eigenvalue weighted by Gasteiger charge is 2.43. The molecule has 2 atom stereocenters. The van der Waals surface area contributed by atoms with Crippen molar-refractivity contribution in [1.82, 2.24) is 29.8 Å². The van der Waals surface area contributed by atoms with Gasteiger partial charge in [0.2, 0.25) is 5.96 Å². The number of guanidine groups is 1. The van der Waals surface area contributed by atoms with Crippen LogP contribution in [0.2, 0.25) is 0 Å². The summed E-state index contributed by atoms with van der Waals surface area (Å²) in [4.78, 5) is 46.2. The van der Waals surface area contributed by atoms with Crippen molar-refractivity contribution in [3.63, 3.8) is 0 Å². The van der Waals surface area contributed by atoms with Crippen molar-refractivity contribution >= 4 is 24.1 Å². The van der Waals surface area contributed by atoms with Gasteiger partial charge in [-0.3, -0.25) is 25.3 Å². The third kappa shape index (κ3) is 9.50. The Morgan fingerprint density at radius 3 is 2.23 bits per heavy atom. The molecule has 2 amide bonds. The molecule has 3 saturated heterocycles. The third-order valence-corrected chi connectivity index (χ3v) is 7.49. The molecule has 0 bridgehead atoms. The van der Waals surface area contributed by atoms with E-state index in [2.05, 4.69) is 20.0 Å². The number of carbonyl (C=O) groups is 3. The molecule has 0 aromatic heterocycles. The largest absolute Gasteiger partial charge is 0.469 e. The van der Waals surface area contributed by atoms with E-state index in [4.69, 9.17) is 19.6 Å². The highest BCUT2D eigenvalue weighted by atomic mass is 16.6. The zero-order chi connectivity index (χ0) is 28.6. The Bertz CT molecular complexity index is 850. The molecule has 0 spiro atoms. The van der Waals surface area contributed by atoms with Gasteiger partial charge in [0.1, 0.15) is 5.60 Å². The first-order chi connectivity index (χ1) is 18.5. The minimum Gasteiger partial charge on any atom is -0.469 e. The topological polar surface area (TPSA) is 131 Å². The molecular formula is C26H47N7O6. The molecule has 13 nitrogen and oxygen atoms in total. The second-order valence-electron chi connectivity index (χ2n) is 11.5. The van der Waals surface area contributed by atoms with Gasteiger partial charge in [0, 0.05) is 66.0 Å². The van der Waals surface area contributed by atoms with Crippen LogP contribution < -0.4 is 5.32 Å². The van der Waals surface area contributed by atoms with Gasteiger partial charge >= 0.3 is 18.2 Å². The number of ether oxygens (including phenoxy) is 3. The molecule has 0 saturated carbocycles. The number of amides is 2. The normalized spacial score (nSPS) is 23.5. The van der Waals surface area contributed by atoms with Crippen LogP contribution in [0.15, 0.2) is 0 Å². The summed E-state index contributed by atoms with van der Waals surface area (Å²) in [6.07, 6.45) is 2.15. The first-order valence-electron chi connectivity index (χ1n) is 14.0. The lowest BCUT2D eigenvalue weighted by Gasteiger charge is -2.38. The summed E-state index contributed by atoms with van der Waals surface area (Å²) in [5.74, 6) is -0.117. The predicted molar refractivity (Wildman–Crippen MR) is 145 cm³/mol. The SMILES string of the molecule is COC(=O)CCN1CCN(C2OC(=O)N(C)C2CCCCN2CCN(C(=N)NC(=O)OC(C)(C)C)CC2)CC1. The predicted octanol–water partition coefficient (Wildman–Crippen LogP) is 1.19. The van der Waals surface area contributed by atoms with Crippen molar-refractivity contribution in [2.24, 2.45) is 0 Å². The second kappa shape index (κ2) is 14.1. The number of nitrogens with one attached hydrogen (secondary N) is 2. The Balaban J connectivity index is 1.35. The van der Waals surface area contributed by atoms with Gasteiger partial charge in [-0.2, -0.15) is 0 Å². The van der Waals surface area contributed by atoms with Gasteiger partial charge < -0.3 is 28.9 Å². The van der Waals surface area contributed by atoms with Gasteiger partial charge in [0.05, 0.1) is 19.6 Å². The molecular weight excluding hydrogens is 506 g/mol. The number of cyclic esters (lactones) is 1. The van der Waals surface area contributed by atoms with E-state index in [9.17, 15) is 14.4 Å². The van der Waals surface area contributed by atoms with E-state index < -0.39 is 11.7 Å². The van der Waals surface area contributed by atoms with E-state index >= 15 is 0 Å². The number of hydrogen-bond acceptors (Lipinski definition) is 10. The van der Waals surface area contributed by atoms with E-state index in [0.29, 0.717) is 26.1 Å². The summed E-state index contributed by atoms with van der Waals surface area (Å²) in [5.41, 5.74) is -0.600. The summed E-state index contributed by atoms with van der Waals surface area (Å²) >= 11 is 0. The monoisotopic (exact) mass is 553 g/mol. The molecule has 3 aliphatic rings. The van der Waals surface area contributed by atoms with E-state index in [0.717, 1.165) is 65.1 Å². The zero-order valence-corrected chi connectivity index (χ0v) is 24.2. The minimum absolute atomic E-state index is 0.0235. The molecule has 3 aliphatic heterocycles. The van der Waals surface area contributed by atoms with Crippen LogP contribution in [0.4, 0.5) is 9.59 Å². The van der Waals surface area contributed by atoms with Crippen molar-refractivity contribution < 1.29 is 28.6 Å². The first kappa shape index (κ1) is 30.9. The molecule has 0 aliphatic carbocycles. The number of piperazine rings is 2. The van der Waals surface area contributed by atoms with Gasteiger partial charge in [-0.25, -0.2) is 9.59 Å². The van der Waals surface area contributed by atoms with Crippen molar-refractivity contribution in [2.75, 3.05) is 79.6 Å². The molecule has 0 radical (unpaired) electrons. The van der Waals surface area contributed by atoms with Crippen LogP contribution in [0.25, 0.3) is 0 Å². The van der Waals surface area contributed by atoms with Crippen molar-refractivity contribution in [3.05, 3.63) is 0 Å². The molecule has 0 aromatic rings. The number of unbranched alkanes of at least 4 members (excludes halogenated alkanes) is 1. The second-order valence-corrected chi connectivity index (χ2v) is 11.5. The maximum Gasteiger partial charge on any atom is 0.414 e. The van der Waals surface area contributed by atoms with Crippen molar-refractivity contribution in [2.45, 2.75) is 64.3 Å². The molecule has 2 unspecified atom stereocenters. The van der Waals surface area contributed by atoms with Crippen LogP contribution in [-0.2, 0) is 19.0 Å². The van der Waals surface area contributed by atoms with E-state index in [1.165, 1.54) is 7.11 Å². The maximum atomic E-state index is 12.4. The average Bonchev–Trinajstić information content (AvgIpc) is 3.17. The van der Waals surface area contributed by atoms with Crippen molar-refractivity contribution in [1.29, 1.82) is 5.41 Å². The molecule has 3 heterocycles.